The van der Waals surface area contributed by atoms with Gasteiger partial charge in [-0.2, -0.15) is 0 Å². The van der Waals surface area contributed by atoms with Crippen molar-refractivity contribution in [3.8, 4) is 5.75 Å². The van der Waals surface area contributed by atoms with E-state index in [0.717, 1.165) is 80.0 Å². The molecule has 6 aromatic heterocycles. The predicted octanol–water partition coefficient (Wildman–Crippen LogP) is 5.82. The molecular weight excluding hydrogens is 783 g/mol. The minimum absolute atomic E-state index is 0.105. The number of rotatable bonds is 9. The second-order valence-corrected chi connectivity index (χ2v) is 15.0. The molecule has 0 saturated heterocycles. The first-order valence-corrected chi connectivity index (χ1v) is 20.6. The largest absolute Gasteiger partial charge is 0.490 e. The van der Waals surface area contributed by atoms with Crippen molar-refractivity contribution < 1.29 is 23.2 Å². The minimum Gasteiger partial charge on any atom is -0.490 e. The Bertz CT molecular complexity index is 3390. The van der Waals surface area contributed by atoms with Gasteiger partial charge in [0, 0.05) is 44.5 Å². The van der Waals surface area contributed by atoms with E-state index in [9.17, 15) is 9.59 Å². The van der Waals surface area contributed by atoms with Gasteiger partial charge in [-0.3, -0.25) is 9.98 Å². The van der Waals surface area contributed by atoms with Crippen LogP contribution in [0, 0.1) is 6.92 Å². The van der Waals surface area contributed by atoms with Crippen LogP contribution >= 0.6 is 0 Å². The molecule has 9 rings (SSSR count). The number of aromatic amines is 4. The Morgan fingerprint density at radius 2 is 1.52 bits per heavy atom. The van der Waals surface area contributed by atoms with Crippen molar-refractivity contribution in [2.24, 2.45) is 9.98 Å². The normalized spacial score (nSPS) is 12.6. The fraction of sp³-hybridized carbons (Fsp3) is 0.184. The first-order chi connectivity index (χ1) is 30.3. The highest BCUT2D eigenvalue weighted by molar-refractivity contribution is 6.03. The van der Waals surface area contributed by atoms with E-state index in [1.54, 1.807) is 24.3 Å². The SMILES string of the molecule is CCc1c2[nH]c(c1CC)C=c1[nH]c(c(C)c1CC)=CN=Cc1ccc([nH]1)C(c1ccc(C(=O)ONCc3c4ccoc4c(OC)c4oc(=O)ccc34)cc1)=c1ccc([nH]1)=CN=C2. The lowest BCUT2D eigenvalue weighted by Crippen LogP contribution is -2.20. The van der Waals surface area contributed by atoms with Crippen molar-refractivity contribution in [2.45, 2.75) is 53.5 Å². The van der Waals surface area contributed by atoms with Crippen molar-refractivity contribution in [1.29, 1.82) is 0 Å². The highest BCUT2D eigenvalue weighted by Gasteiger charge is 2.20. The highest BCUT2D eigenvalue weighted by Crippen LogP contribution is 2.38. The Labute approximate surface area is 354 Å². The summed E-state index contributed by atoms with van der Waals surface area (Å²) in [6.07, 6.45) is 13.8. The lowest BCUT2D eigenvalue weighted by molar-refractivity contribution is 0.0239. The van der Waals surface area contributed by atoms with E-state index in [2.05, 4.69) is 59.2 Å². The molecule has 0 unspecified atom stereocenters. The smallest absolute Gasteiger partial charge is 0.356 e. The standard InChI is InChI=1S/C49H45N7O6/c1-6-32-27(4)42-25-50-22-30-13-16-38(53-30)45(39-17-14-31(54-39)23-51-26-43-34(8-3)33(7-2)41(56-43)21-40(32)55-42)28-9-11-29(12-10-28)49(58)62-52-24-37-35-15-18-44(57)61-47(35)48(59-5)46-36(37)19-20-60-46/h9-23,25-26,52-56H,6-8,24H2,1-5H3. The number of benzene rings is 2. The Balaban J connectivity index is 1.05. The zero-order valence-electron chi connectivity index (χ0n) is 35.0. The van der Waals surface area contributed by atoms with E-state index < -0.39 is 11.6 Å². The van der Waals surface area contributed by atoms with Crippen LogP contribution in [0.4, 0.5) is 0 Å². The summed E-state index contributed by atoms with van der Waals surface area (Å²) in [4.78, 5) is 54.9. The van der Waals surface area contributed by atoms with Crippen LogP contribution < -0.4 is 37.2 Å². The van der Waals surface area contributed by atoms with E-state index in [-0.39, 0.29) is 12.1 Å². The molecule has 62 heavy (non-hydrogen) atoms. The van der Waals surface area contributed by atoms with E-state index in [1.165, 1.54) is 41.7 Å². The van der Waals surface area contributed by atoms with Gasteiger partial charge in [-0.1, -0.05) is 32.9 Å². The van der Waals surface area contributed by atoms with Crippen LogP contribution in [0.3, 0.4) is 0 Å². The van der Waals surface area contributed by atoms with Gasteiger partial charge in [0.1, 0.15) is 0 Å². The Hall–Kier alpha value is -7.64. The van der Waals surface area contributed by atoms with Gasteiger partial charge in [0.15, 0.2) is 11.2 Å². The summed E-state index contributed by atoms with van der Waals surface area (Å²) < 4.78 is 16.7. The summed E-state index contributed by atoms with van der Waals surface area (Å²) in [5.74, 6) is -0.263. The van der Waals surface area contributed by atoms with Gasteiger partial charge in [-0.25, -0.2) is 9.59 Å². The van der Waals surface area contributed by atoms with E-state index in [4.69, 9.17) is 28.4 Å². The molecule has 0 fully saturated rings. The van der Waals surface area contributed by atoms with Gasteiger partial charge in [0.05, 0.1) is 72.4 Å². The summed E-state index contributed by atoms with van der Waals surface area (Å²) in [7, 11) is 1.48. The Morgan fingerprint density at radius 3 is 2.31 bits per heavy atom. The number of fused-ring (bicyclic) bond motifs is 10. The average Bonchev–Trinajstić information content (AvgIpc) is 4.13. The lowest BCUT2D eigenvalue weighted by atomic mass is 10.0. The quantitative estimate of drug-likeness (QED) is 0.0899. The number of aromatic nitrogens is 4. The molecule has 2 aromatic carbocycles. The molecule has 0 saturated carbocycles. The number of methoxy groups -OCH3 is 1. The van der Waals surface area contributed by atoms with Crippen LogP contribution in [-0.2, 0) is 30.6 Å². The van der Waals surface area contributed by atoms with E-state index >= 15 is 0 Å². The summed E-state index contributed by atoms with van der Waals surface area (Å²) >= 11 is 0. The summed E-state index contributed by atoms with van der Waals surface area (Å²) in [5, 5.41) is 5.05. The highest BCUT2D eigenvalue weighted by atomic mass is 16.7. The maximum Gasteiger partial charge on any atom is 0.356 e. The molecule has 0 spiro atoms. The number of nitrogens with zero attached hydrogens (tertiary/aromatic N) is 2. The zero-order chi connectivity index (χ0) is 42.9. The van der Waals surface area contributed by atoms with Gasteiger partial charge >= 0.3 is 11.6 Å². The Morgan fingerprint density at radius 1 is 0.742 bits per heavy atom. The molecule has 1 aliphatic heterocycles. The van der Waals surface area contributed by atoms with Crippen molar-refractivity contribution in [2.75, 3.05) is 7.11 Å². The molecule has 312 valence electrons. The maximum atomic E-state index is 13.4. The number of hydroxylamine groups is 1. The third kappa shape index (κ3) is 7.32. The first-order valence-electron chi connectivity index (χ1n) is 20.6. The molecule has 5 N–H and O–H groups in total. The topological polar surface area (TPSA) is 179 Å². The second-order valence-electron chi connectivity index (χ2n) is 15.0. The molecule has 1 aliphatic rings. The van der Waals surface area contributed by atoms with Crippen LogP contribution in [0.2, 0.25) is 0 Å². The molecular formula is C49H45N7O6. The molecule has 0 atom stereocenters. The molecule has 13 nitrogen and oxygen atoms in total. The second kappa shape index (κ2) is 16.8. The fourth-order valence-electron chi connectivity index (χ4n) is 8.48. The number of hydrogen-bond acceptors (Lipinski definition) is 9. The summed E-state index contributed by atoms with van der Waals surface area (Å²) in [5.41, 5.74) is 14.4. The molecule has 8 aromatic rings. The number of aliphatic imine (C=N–C) groups is 2. The van der Waals surface area contributed by atoms with Gasteiger partial charge < -0.3 is 38.3 Å². The number of H-pyrrole nitrogens is 4. The molecule has 0 radical (unpaired) electrons. The zero-order valence-corrected chi connectivity index (χ0v) is 35.0. The van der Waals surface area contributed by atoms with Gasteiger partial charge in [-0.05, 0) is 114 Å². The fourth-order valence-corrected chi connectivity index (χ4v) is 8.48. The monoisotopic (exact) mass is 827 g/mol. The van der Waals surface area contributed by atoms with E-state index in [0.29, 0.717) is 27.8 Å². The van der Waals surface area contributed by atoms with Crippen molar-refractivity contribution in [3.63, 3.8) is 0 Å². The van der Waals surface area contributed by atoms with Crippen LogP contribution in [0.15, 0.2) is 96.6 Å². The molecule has 0 amide bonds. The van der Waals surface area contributed by atoms with Crippen LogP contribution in [-0.4, -0.2) is 45.4 Å². The summed E-state index contributed by atoms with van der Waals surface area (Å²) in [6.45, 7) is 8.78. The van der Waals surface area contributed by atoms with Crippen molar-refractivity contribution >= 4 is 64.4 Å². The third-order valence-corrected chi connectivity index (χ3v) is 11.5. The number of carbonyl (C=O) groups excluding carboxylic acids is 1. The number of nitrogens with one attached hydrogen (secondary N) is 5. The summed E-state index contributed by atoms with van der Waals surface area (Å²) in [6, 6.07) is 20.0. The third-order valence-electron chi connectivity index (χ3n) is 11.5. The molecule has 13 heteroatoms. The van der Waals surface area contributed by atoms with Crippen LogP contribution in [0.25, 0.3) is 46.0 Å². The molecule has 7 heterocycles. The van der Waals surface area contributed by atoms with Gasteiger partial charge in [0.2, 0.25) is 5.75 Å². The maximum absolute atomic E-state index is 13.4. The average molecular weight is 828 g/mol. The molecule has 8 bridgehead atoms. The molecule has 0 aliphatic carbocycles. The number of hydrogen-bond donors (Lipinski definition) is 5. The van der Waals surface area contributed by atoms with Crippen LogP contribution in [0.1, 0.15) is 87.3 Å². The number of furan rings is 1. The lowest BCUT2D eigenvalue weighted by Gasteiger charge is -2.12. The Kier molecular flexibility index (Phi) is 10.8. The van der Waals surface area contributed by atoms with Gasteiger partial charge in [0.25, 0.3) is 0 Å². The van der Waals surface area contributed by atoms with Crippen molar-refractivity contribution in [3.05, 3.63) is 167 Å². The van der Waals surface area contributed by atoms with E-state index in [1.807, 2.05) is 61.2 Å². The number of ether oxygens (including phenoxy) is 1. The van der Waals surface area contributed by atoms with Crippen molar-refractivity contribution in [1.82, 2.24) is 25.4 Å². The van der Waals surface area contributed by atoms with Gasteiger partial charge in [-0.15, -0.1) is 5.48 Å². The number of carbonyl (C=O) groups is 1. The van der Waals surface area contributed by atoms with Crippen LogP contribution in [0.5, 0.6) is 5.75 Å². The minimum atomic E-state index is -0.574. The predicted molar refractivity (Wildman–Crippen MR) is 241 cm³/mol. The first kappa shape index (κ1) is 39.8.